The highest BCUT2D eigenvalue weighted by Crippen LogP contribution is 2.19. The highest BCUT2D eigenvalue weighted by molar-refractivity contribution is 7.90. The second-order valence-electron chi connectivity index (χ2n) is 3.14. The Morgan fingerprint density at radius 1 is 1.36 bits per heavy atom. The molecular formula is C8H8N2O3S. The number of hydrogen-bond donors (Lipinski definition) is 0. The number of fused-ring (bicyclic) bond motifs is 1. The van der Waals surface area contributed by atoms with E-state index in [0.717, 1.165) is 0 Å². The van der Waals surface area contributed by atoms with Gasteiger partial charge >= 0.3 is 0 Å². The van der Waals surface area contributed by atoms with Gasteiger partial charge in [-0.05, 0) is 6.42 Å². The molecule has 2 rings (SSSR count). The van der Waals surface area contributed by atoms with Crippen LogP contribution in [0.5, 0.6) is 0 Å². The second-order valence-corrected chi connectivity index (χ2v) is 5.33. The summed E-state index contributed by atoms with van der Waals surface area (Å²) in [6, 6.07) is 0. The van der Waals surface area contributed by atoms with Crippen LogP contribution >= 0.6 is 0 Å². The molecule has 0 amide bonds. The number of hydrogen-bond acceptors (Lipinski definition) is 5. The molecule has 2 heterocycles. The summed E-state index contributed by atoms with van der Waals surface area (Å²) in [5.41, 5.74) is 1.45. The fourth-order valence-corrected chi connectivity index (χ4v) is 2.83. The average molecular weight is 212 g/mol. The van der Waals surface area contributed by atoms with Crippen molar-refractivity contribution in [3.63, 3.8) is 0 Å². The van der Waals surface area contributed by atoms with Crippen LogP contribution in [0.15, 0.2) is 6.33 Å². The van der Waals surface area contributed by atoms with Crippen LogP contribution in [0.25, 0.3) is 0 Å². The smallest absolute Gasteiger partial charge is 0.168 e. The Kier molecular flexibility index (Phi) is 2.07. The third-order valence-electron chi connectivity index (χ3n) is 2.20. The first-order valence-electron chi connectivity index (χ1n) is 4.11. The highest BCUT2D eigenvalue weighted by Gasteiger charge is 2.24. The third kappa shape index (κ3) is 1.52. The molecule has 5 nitrogen and oxygen atoms in total. The fourth-order valence-electron chi connectivity index (χ4n) is 1.50. The Hall–Kier alpha value is -1.30. The number of rotatable bonds is 1. The van der Waals surface area contributed by atoms with Gasteiger partial charge in [-0.2, -0.15) is 0 Å². The normalized spacial score (nSPS) is 18.6. The van der Waals surface area contributed by atoms with Gasteiger partial charge in [0.2, 0.25) is 0 Å². The molecule has 1 aromatic heterocycles. The zero-order valence-corrected chi connectivity index (χ0v) is 8.12. The van der Waals surface area contributed by atoms with Crippen LogP contribution in [0, 0.1) is 0 Å². The Morgan fingerprint density at radius 3 is 2.86 bits per heavy atom. The van der Waals surface area contributed by atoms with Gasteiger partial charge in [-0.1, -0.05) is 0 Å². The number of nitrogens with zero attached hydrogens (tertiary/aromatic N) is 2. The van der Waals surface area contributed by atoms with Crippen molar-refractivity contribution in [2.75, 3.05) is 5.75 Å². The fraction of sp³-hybridized carbons (Fsp3) is 0.375. The summed E-state index contributed by atoms with van der Waals surface area (Å²) in [7, 11) is -3.03. The van der Waals surface area contributed by atoms with Crippen LogP contribution in [0.3, 0.4) is 0 Å². The van der Waals surface area contributed by atoms with Crippen molar-refractivity contribution in [3.05, 3.63) is 23.3 Å². The maximum atomic E-state index is 11.3. The molecule has 0 aromatic carbocycles. The first kappa shape index (κ1) is 9.26. The van der Waals surface area contributed by atoms with Gasteiger partial charge in [-0.25, -0.2) is 18.4 Å². The van der Waals surface area contributed by atoms with Crippen molar-refractivity contribution in [2.45, 2.75) is 12.2 Å². The number of carbonyl (C=O) groups excluding carboxylic acids is 1. The maximum Gasteiger partial charge on any atom is 0.168 e. The first-order valence-corrected chi connectivity index (χ1v) is 5.93. The van der Waals surface area contributed by atoms with Gasteiger partial charge in [0.15, 0.2) is 16.1 Å². The molecule has 74 valence electrons. The monoisotopic (exact) mass is 212 g/mol. The van der Waals surface area contributed by atoms with E-state index in [-0.39, 0.29) is 11.5 Å². The third-order valence-corrected chi connectivity index (χ3v) is 3.74. The van der Waals surface area contributed by atoms with Gasteiger partial charge in [0.25, 0.3) is 0 Å². The van der Waals surface area contributed by atoms with Crippen LogP contribution in [0.1, 0.15) is 21.7 Å². The van der Waals surface area contributed by atoms with E-state index in [1.807, 2.05) is 0 Å². The van der Waals surface area contributed by atoms with Crippen LogP contribution in [-0.4, -0.2) is 30.4 Å². The van der Waals surface area contributed by atoms with E-state index in [9.17, 15) is 13.2 Å². The van der Waals surface area contributed by atoms with Crippen LogP contribution < -0.4 is 0 Å². The molecule has 0 radical (unpaired) electrons. The molecule has 0 bridgehead atoms. The van der Waals surface area contributed by atoms with Crippen molar-refractivity contribution >= 4 is 16.1 Å². The molecular weight excluding hydrogens is 204 g/mol. The second kappa shape index (κ2) is 3.13. The molecule has 0 aliphatic carbocycles. The van der Waals surface area contributed by atoms with Gasteiger partial charge in [-0.3, -0.25) is 4.79 Å². The number of sulfone groups is 1. The van der Waals surface area contributed by atoms with Gasteiger partial charge in [0.05, 0.1) is 17.2 Å². The summed E-state index contributed by atoms with van der Waals surface area (Å²) >= 11 is 0. The largest absolute Gasteiger partial charge is 0.296 e. The van der Waals surface area contributed by atoms with E-state index >= 15 is 0 Å². The van der Waals surface area contributed by atoms with E-state index in [1.54, 1.807) is 0 Å². The molecule has 14 heavy (non-hydrogen) atoms. The summed E-state index contributed by atoms with van der Waals surface area (Å²) in [5.74, 6) is -0.0000926. The molecule has 1 aliphatic heterocycles. The molecule has 6 heteroatoms. The van der Waals surface area contributed by atoms with E-state index in [0.29, 0.717) is 29.7 Å². The SMILES string of the molecule is O=Cc1ncnc2c1CCS(=O)(=O)C2. The molecule has 1 aromatic rings. The zero-order chi connectivity index (χ0) is 10.2. The number of aldehydes is 1. The molecule has 1 aliphatic rings. The topological polar surface area (TPSA) is 77.0 Å². The van der Waals surface area contributed by atoms with Crippen molar-refractivity contribution in [1.29, 1.82) is 0 Å². The van der Waals surface area contributed by atoms with Gasteiger partial charge < -0.3 is 0 Å². The van der Waals surface area contributed by atoms with E-state index in [2.05, 4.69) is 9.97 Å². The lowest BCUT2D eigenvalue weighted by molar-refractivity contribution is 0.111. The van der Waals surface area contributed by atoms with Crippen LogP contribution in [0.4, 0.5) is 0 Å². The van der Waals surface area contributed by atoms with Crippen molar-refractivity contribution in [3.8, 4) is 0 Å². The van der Waals surface area contributed by atoms with E-state index < -0.39 is 9.84 Å². The summed E-state index contributed by atoms with van der Waals surface area (Å²) < 4.78 is 22.5. The molecule has 0 saturated heterocycles. The average Bonchev–Trinajstić information content (AvgIpc) is 2.15. The summed E-state index contributed by atoms with van der Waals surface area (Å²) in [6.45, 7) is 0. The summed E-state index contributed by atoms with van der Waals surface area (Å²) in [5, 5.41) is 0. The van der Waals surface area contributed by atoms with Crippen LogP contribution in [-0.2, 0) is 22.0 Å². The summed E-state index contributed by atoms with van der Waals surface area (Å²) in [6.07, 6.45) is 2.20. The van der Waals surface area contributed by atoms with Gasteiger partial charge in [0.1, 0.15) is 12.0 Å². The Labute approximate surface area is 81.1 Å². The minimum Gasteiger partial charge on any atom is -0.296 e. The predicted molar refractivity (Wildman–Crippen MR) is 48.6 cm³/mol. The lowest BCUT2D eigenvalue weighted by Gasteiger charge is -2.15. The molecule has 0 spiro atoms. The predicted octanol–water partition coefficient (Wildman–Crippen LogP) is -0.240. The molecule has 0 unspecified atom stereocenters. The number of aromatic nitrogens is 2. The van der Waals surface area contributed by atoms with Gasteiger partial charge in [0, 0.05) is 5.56 Å². The van der Waals surface area contributed by atoms with Crippen molar-refractivity contribution in [2.24, 2.45) is 0 Å². The van der Waals surface area contributed by atoms with E-state index in [4.69, 9.17) is 0 Å². The number of carbonyl (C=O) groups is 1. The molecule has 0 saturated carbocycles. The minimum atomic E-state index is -3.03. The Morgan fingerprint density at radius 2 is 2.14 bits per heavy atom. The Balaban J connectivity index is 2.55. The molecule has 0 atom stereocenters. The Bertz CT molecular complexity index is 481. The van der Waals surface area contributed by atoms with Crippen LogP contribution in [0.2, 0.25) is 0 Å². The first-order chi connectivity index (χ1) is 6.62. The van der Waals surface area contributed by atoms with Gasteiger partial charge in [-0.15, -0.1) is 0 Å². The van der Waals surface area contributed by atoms with Crippen molar-refractivity contribution < 1.29 is 13.2 Å². The lowest BCUT2D eigenvalue weighted by Crippen LogP contribution is -2.22. The zero-order valence-electron chi connectivity index (χ0n) is 7.30. The standard InChI is InChI=1S/C8H8N2O3S/c11-3-7-6-1-2-14(12,13)4-8(6)10-5-9-7/h3,5H,1-2,4H2. The van der Waals surface area contributed by atoms with Crippen molar-refractivity contribution in [1.82, 2.24) is 9.97 Å². The quantitative estimate of drug-likeness (QED) is 0.600. The molecule has 0 N–H and O–H groups in total. The summed E-state index contributed by atoms with van der Waals surface area (Å²) in [4.78, 5) is 18.3. The maximum absolute atomic E-state index is 11.3. The molecule has 0 fully saturated rings. The highest BCUT2D eigenvalue weighted by atomic mass is 32.2. The minimum absolute atomic E-state index is 0.0776. The van der Waals surface area contributed by atoms with E-state index in [1.165, 1.54) is 6.33 Å². The lowest BCUT2D eigenvalue weighted by atomic mass is 10.1.